The summed E-state index contributed by atoms with van der Waals surface area (Å²) in [4.78, 5) is 43.3. The number of rotatable bonds is 2. The van der Waals surface area contributed by atoms with Gasteiger partial charge in [-0.05, 0) is 64.5 Å². The van der Waals surface area contributed by atoms with Gasteiger partial charge in [-0.2, -0.15) is 0 Å². The number of anilines is 2. The van der Waals surface area contributed by atoms with Gasteiger partial charge in [0.2, 0.25) is 11.8 Å². The first-order valence-electron chi connectivity index (χ1n) is 12.2. The van der Waals surface area contributed by atoms with Crippen LogP contribution >= 0.6 is 0 Å². The van der Waals surface area contributed by atoms with Crippen molar-refractivity contribution in [3.05, 3.63) is 23.8 Å². The van der Waals surface area contributed by atoms with Crippen LogP contribution in [-0.4, -0.2) is 66.7 Å². The molecule has 3 unspecified atom stereocenters. The number of imide groups is 1. The summed E-state index contributed by atoms with van der Waals surface area (Å²) in [5, 5.41) is 2.50. The van der Waals surface area contributed by atoms with Crippen molar-refractivity contribution in [2.75, 3.05) is 36.0 Å². The van der Waals surface area contributed by atoms with Crippen LogP contribution in [-0.2, 0) is 20.7 Å². The van der Waals surface area contributed by atoms with Gasteiger partial charge in [0.05, 0.1) is 0 Å². The third kappa shape index (κ3) is 4.15. The molecule has 0 aliphatic carbocycles. The van der Waals surface area contributed by atoms with Gasteiger partial charge in [-0.1, -0.05) is 6.07 Å². The number of likely N-dealkylation sites (tertiary alicyclic amines) is 1. The van der Waals surface area contributed by atoms with Gasteiger partial charge in [0.25, 0.3) is 0 Å². The summed E-state index contributed by atoms with van der Waals surface area (Å²) in [7, 11) is 0. The van der Waals surface area contributed by atoms with Crippen LogP contribution in [0.5, 0.6) is 0 Å². The Morgan fingerprint density at radius 1 is 1.03 bits per heavy atom. The predicted octanol–water partition coefficient (Wildman–Crippen LogP) is 2.69. The van der Waals surface area contributed by atoms with Crippen LogP contribution in [0.1, 0.15) is 52.0 Å². The normalized spacial score (nSPS) is 27.4. The fraction of sp³-hybridized carbons (Fsp3) is 0.640. The van der Waals surface area contributed by atoms with Gasteiger partial charge in [0.15, 0.2) is 0 Å². The maximum atomic E-state index is 12.7. The van der Waals surface area contributed by atoms with Crippen molar-refractivity contribution in [1.82, 2.24) is 10.2 Å². The van der Waals surface area contributed by atoms with Gasteiger partial charge < -0.3 is 19.4 Å². The van der Waals surface area contributed by atoms with E-state index in [1.165, 1.54) is 11.3 Å². The van der Waals surface area contributed by atoms with Crippen LogP contribution in [0.2, 0.25) is 0 Å². The number of piperidine rings is 2. The maximum Gasteiger partial charge on any atom is 0.410 e. The minimum Gasteiger partial charge on any atom is -0.444 e. The molecule has 8 nitrogen and oxygen atoms in total. The fourth-order valence-corrected chi connectivity index (χ4v) is 5.99. The quantitative estimate of drug-likeness (QED) is 0.692. The molecule has 1 aromatic carbocycles. The molecule has 3 saturated heterocycles. The van der Waals surface area contributed by atoms with Crippen LogP contribution in [0.15, 0.2) is 18.2 Å². The van der Waals surface area contributed by atoms with Gasteiger partial charge in [-0.25, -0.2) is 4.79 Å². The van der Waals surface area contributed by atoms with E-state index in [0.717, 1.165) is 51.1 Å². The molecule has 8 heteroatoms. The van der Waals surface area contributed by atoms with Crippen LogP contribution < -0.4 is 15.1 Å². The van der Waals surface area contributed by atoms with E-state index in [9.17, 15) is 14.4 Å². The molecule has 3 fully saturated rings. The molecule has 0 radical (unpaired) electrons. The Morgan fingerprint density at radius 3 is 2.58 bits per heavy atom. The zero-order valence-corrected chi connectivity index (χ0v) is 19.8. The van der Waals surface area contributed by atoms with Crippen molar-refractivity contribution in [2.45, 2.75) is 70.6 Å². The first-order valence-corrected chi connectivity index (χ1v) is 12.2. The number of benzene rings is 1. The number of carbonyl (C=O) groups excluding carboxylic acids is 3. The molecule has 0 spiro atoms. The number of hydrogen-bond donors (Lipinski definition) is 1. The van der Waals surface area contributed by atoms with Crippen molar-refractivity contribution in [2.24, 2.45) is 5.92 Å². The SMILES string of the molecule is CC(C)(C)OC(=O)N1CCC2CN(c3cccc4c3CCN4C3CCC(=O)NC3=O)CCC21. The van der Waals surface area contributed by atoms with E-state index in [4.69, 9.17) is 4.74 Å². The monoisotopic (exact) mass is 454 g/mol. The number of hydrogen-bond acceptors (Lipinski definition) is 6. The summed E-state index contributed by atoms with van der Waals surface area (Å²) >= 11 is 0. The number of nitrogens with zero attached hydrogens (tertiary/aromatic N) is 3. The van der Waals surface area contributed by atoms with E-state index in [-0.39, 0.29) is 30.0 Å². The average Bonchev–Trinajstić information content (AvgIpc) is 3.36. The summed E-state index contributed by atoms with van der Waals surface area (Å²) < 4.78 is 5.64. The Hall–Kier alpha value is -2.77. The van der Waals surface area contributed by atoms with Gasteiger partial charge in [-0.15, -0.1) is 0 Å². The third-order valence-electron chi connectivity index (χ3n) is 7.43. The lowest BCUT2D eigenvalue weighted by atomic mass is 9.92. The number of amides is 3. The summed E-state index contributed by atoms with van der Waals surface area (Å²) in [5.41, 5.74) is 3.18. The standard InChI is InChI=1S/C25H34N4O4/c1-25(2,3)33-24(32)29-13-9-16-15-27(12-11-18(16)29)19-5-4-6-20-17(19)10-14-28(20)21-7-8-22(30)26-23(21)31/h4-6,16,18,21H,7-15H2,1-3H3,(H,26,30,31). The van der Waals surface area contributed by atoms with Crippen molar-refractivity contribution in [1.29, 1.82) is 0 Å². The van der Waals surface area contributed by atoms with Crippen LogP contribution in [0.25, 0.3) is 0 Å². The second-order valence-electron chi connectivity index (χ2n) is 10.7. The Labute approximate surface area is 195 Å². The van der Waals surface area contributed by atoms with Gasteiger partial charge in [0, 0.05) is 55.6 Å². The number of fused-ring (bicyclic) bond motifs is 2. The van der Waals surface area contributed by atoms with Gasteiger partial charge in [-0.3, -0.25) is 14.9 Å². The fourth-order valence-electron chi connectivity index (χ4n) is 5.99. The zero-order valence-electron chi connectivity index (χ0n) is 19.8. The lowest BCUT2D eigenvalue weighted by molar-refractivity contribution is -0.134. The summed E-state index contributed by atoms with van der Waals surface area (Å²) in [6.45, 7) is 9.12. The zero-order chi connectivity index (χ0) is 23.3. The highest BCUT2D eigenvalue weighted by atomic mass is 16.6. The van der Waals surface area contributed by atoms with Crippen molar-refractivity contribution in [3.8, 4) is 0 Å². The Kier molecular flexibility index (Phi) is 5.49. The first kappa shape index (κ1) is 22.0. The molecule has 4 heterocycles. The second-order valence-corrected chi connectivity index (χ2v) is 10.7. The minimum absolute atomic E-state index is 0.177. The van der Waals surface area contributed by atoms with Crippen LogP contribution in [0.3, 0.4) is 0 Å². The van der Waals surface area contributed by atoms with Crippen LogP contribution in [0, 0.1) is 5.92 Å². The molecular formula is C25H34N4O4. The van der Waals surface area contributed by atoms with E-state index < -0.39 is 5.60 Å². The molecule has 0 aromatic heterocycles. The lowest BCUT2D eigenvalue weighted by Crippen LogP contribution is -2.52. The highest BCUT2D eigenvalue weighted by Crippen LogP contribution is 2.41. The highest BCUT2D eigenvalue weighted by Gasteiger charge is 2.43. The summed E-state index contributed by atoms with van der Waals surface area (Å²) in [6, 6.07) is 6.33. The average molecular weight is 455 g/mol. The minimum atomic E-state index is -0.477. The van der Waals surface area contributed by atoms with Crippen LogP contribution in [0.4, 0.5) is 16.2 Å². The van der Waals surface area contributed by atoms with Gasteiger partial charge >= 0.3 is 6.09 Å². The molecule has 1 aromatic rings. The molecule has 5 rings (SSSR count). The molecule has 33 heavy (non-hydrogen) atoms. The summed E-state index contributed by atoms with van der Waals surface area (Å²) in [5.74, 6) is 0.0811. The van der Waals surface area contributed by atoms with E-state index in [1.807, 2.05) is 25.7 Å². The Bertz CT molecular complexity index is 972. The molecule has 0 saturated carbocycles. The van der Waals surface area contributed by atoms with Crippen molar-refractivity contribution >= 4 is 29.3 Å². The molecule has 1 N–H and O–H groups in total. The maximum absolute atomic E-state index is 12.7. The van der Waals surface area contributed by atoms with E-state index in [1.54, 1.807) is 0 Å². The van der Waals surface area contributed by atoms with E-state index in [0.29, 0.717) is 18.8 Å². The van der Waals surface area contributed by atoms with E-state index in [2.05, 4.69) is 33.3 Å². The molecule has 0 bridgehead atoms. The first-order chi connectivity index (χ1) is 15.7. The van der Waals surface area contributed by atoms with Crippen molar-refractivity contribution in [3.63, 3.8) is 0 Å². The largest absolute Gasteiger partial charge is 0.444 e. The number of nitrogens with one attached hydrogen (secondary N) is 1. The number of ether oxygens (including phenoxy) is 1. The van der Waals surface area contributed by atoms with Crippen molar-refractivity contribution < 1.29 is 19.1 Å². The third-order valence-corrected chi connectivity index (χ3v) is 7.43. The van der Waals surface area contributed by atoms with Gasteiger partial charge in [0.1, 0.15) is 11.6 Å². The second kappa shape index (κ2) is 8.22. The highest BCUT2D eigenvalue weighted by molar-refractivity contribution is 6.02. The molecule has 4 aliphatic rings. The molecular weight excluding hydrogens is 420 g/mol. The molecule has 4 aliphatic heterocycles. The predicted molar refractivity (Wildman–Crippen MR) is 125 cm³/mol. The number of carbonyl (C=O) groups is 3. The molecule has 178 valence electrons. The van der Waals surface area contributed by atoms with E-state index >= 15 is 0 Å². The summed E-state index contributed by atoms with van der Waals surface area (Å²) in [6.07, 6.45) is 3.61. The topological polar surface area (TPSA) is 82.2 Å². The smallest absolute Gasteiger partial charge is 0.410 e. The Balaban J connectivity index is 1.30. The Morgan fingerprint density at radius 2 is 1.82 bits per heavy atom. The lowest BCUT2D eigenvalue weighted by Gasteiger charge is -2.40. The molecule has 3 atom stereocenters. The molecule has 3 amide bonds.